The molecule has 1 fully saturated rings. The number of thiocarbonyl (C=S) groups is 1. The molecule has 0 atom stereocenters. The molecule has 1 aromatic carbocycles. The van der Waals surface area contributed by atoms with Gasteiger partial charge in [0.2, 0.25) is 0 Å². The molecule has 3 aromatic rings. The lowest BCUT2D eigenvalue weighted by atomic mass is 10.2. The third kappa shape index (κ3) is 3.76. The van der Waals surface area contributed by atoms with Gasteiger partial charge >= 0.3 is 0 Å². The molecule has 1 N–H and O–H groups in total. The first-order chi connectivity index (χ1) is 14.5. The molecule has 1 aliphatic heterocycles. The summed E-state index contributed by atoms with van der Waals surface area (Å²) in [6.07, 6.45) is 3.29. The first kappa shape index (κ1) is 20.3. The van der Waals surface area contributed by atoms with Gasteiger partial charge in [-0.1, -0.05) is 60.4 Å². The largest absolute Gasteiger partial charge is 0.365 e. The second-order valence-electron chi connectivity index (χ2n) is 6.83. The number of hydrogen-bond acceptors (Lipinski definition) is 6. The van der Waals surface area contributed by atoms with Crippen molar-refractivity contribution in [3.05, 3.63) is 80.6 Å². The van der Waals surface area contributed by atoms with E-state index in [1.54, 1.807) is 12.3 Å². The number of hydrogen-bond donors (Lipinski definition) is 1. The van der Waals surface area contributed by atoms with Crippen LogP contribution in [-0.4, -0.2) is 31.1 Å². The zero-order valence-electron chi connectivity index (χ0n) is 16.6. The lowest BCUT2D eigenvalue weighted by molar-refractivity contribution is -0.121. The highest BCUT2D eigenvalue weighted by atomic mass is 32.2. The Kier molecular flexibility index (Phi) is 5.69. The number of carbonyl (C=O) groups excluding carboxylic acids is 1. The van der Waals surface area contributed by atoms with Crippen LogP contribution < -0.4 is 10.9 Å². The van der Waals surface area contributed by atoms with Crippen molar-refractivity contribution in [2.24, 2.45) is 0 Å². The predicted octanol–water partition coefficient (Wildman–Crippen LogP) is 3.84. The number of fused-ring (bicyclic) bond motifs is 1. The lowest BCUT2D eigenvalue weighted by Gasteiger charge is -2.12. The van der Waals surface area contributed by atoms with Gasteiger partial charge in [-0.25, -0.2) is 4.98 Å². The highest BCUT2D eigenvalue weighted by molar-refractivity contribution is 8.26. The highest BCUT2D eigenvalue weighted by Crippen LogP contribution is 2.32. The number of aromatic nitrogens is 2. The third-order valence-corrected chi connectivity index (χ3v) is 6.23. The molecule has 1 saturated heterocycles. The van der Waals surface area contributed by atoms with E-state index in [1.807, 2.05) is 56.3 Å². The quantitative estimate of drug-likeness (QED) is 0.484. The summed E-state index contributed by atoms with van der Waals surface area (Å²) < 4.78 is 2.01. The Labute approximate surface area is 183 Å². The number of aryl methyl sites for hydroxylation is 1. The molecular formula is C22H20N4O2S2. The topological polar surface area (TPSA) is 66.7 Å². The van der Waals surface area contributed by atoms with E-state index >= 15 is 0 Å². The lowest BCUT2D eigenvalue weighted by Crippen LogP contribution is -2.27. The van der Waals surface area contributed by atoms with Crippen LogP contribution in [0.2, 0.25) is 0 Å². The molecule has 6 nitrogen and oxygen atoms in total. The van der Waals surface area contributed by atoms with Gasteiger partial charge in [-0.3, -0.25) is 18.9 Å². The molecule has 0 aliphatic carbocycles. The summed E-state index contributed by atoms with van der Waals surface area (Å²) in [5.41, 5.74) is 2.64. The fourth-order valence-electron chi connectivity index (χ4n) is 3.26. The number of rotatable bonds is 5. The average Bonchev–Trinajstić information content (AvgIpc) is 3.02. The zero-order chi connectivity index (χ0) is 21.3. The first-order valence-electron chi connectivity index (χ1n) is 9.54. The van der Waals surface area contributed by atoms with Crippen molar-refractivity contribution in [1.82, 2.24) is 14.3 Å². The van der Waals surface area contributed by atoms with Crippen LogP contribution in [0.15, 0.2) is 58.4 Å². The Morgan fingerprint density at radius 1 is 1.17 bits per heavy atom. The second-order valence-corrected chi connectivity index (χ2v) is 8.50. The summed E-state index contributed by atoms with van der Waals surface area (Å²) in [5.74, 6) is 0.259. The normalized spacial score (nSPS) is 15.4. The van der Waals surface area contributed by atoms with Gasteiger partial charge in [-0.15, -0.1) is 0 Å². The molecule has 0 unspecified atom stereocenters. The summed E-state index contributed by atoms with van der Waals surface area (Å²) in [7, 11) is 0. The Morgan fingerprint density at radius 3 is 2.63 bits per heavy atom. The molecule has 152 valence electrons. The number of likely N-dealkylation sites (N-methyl/N-ethyl adjacent to an activating group) is 1. The maximum Gasteiger partial charge on any atom is 0.267 e. The number of amides is 1. The van der Waals surface area contributed by atoms with Crippen LogP contribution in [0, 0.1) is 6.92 Å². The minimum atomic E-state index is -0.235. The molecule has 1 amide bonds. The van der Waals surface area contributed by atoms with Gasteiger partial charge < -0.3 is 5.32 Å². The number of benzene rings is 1. The molecule has 3 heterocycles. The number of anilines is 1. The van der Waals surface area contributed by atoms with Gasteiger partial charge in [0.25, 0.3) is 11.5 Å². The van der Waals surface area contributed by atoms with Crippen molar-refractivity contribution in [1.29, 1.82) is 0 Å². The van der Waals surface area contributed by atoms with E-state index in [0.717, 1.165) is 11.1 Å². The molecule has 0 saturated carbocycles. The minimum Gasteiger partial charge on any atom is -0.365 e. The highest BCUT2D eigenvalue weighted by Gasteiger charge is 2.31. The Bertz CT molecular complexity index is 1240. The Balaban J connectivity index is 1.83. The van der Waals surface area contributed by atoms with Crippen molar-refractivity contribution in [3.63, 3.8) is 0 Å². The van der Waals surface area contributed by atoms with Gasteiger partial charge in [0.15, 0.2) is 0 Å². The van der Waals surface area contributed by atoms with Crippen LogP contribution >= 0.6 is 24.0 Å². The van der Waals surface area contributed by atoms with Crippen molar-refractivity contribution in [2.75, 3.05) is 11.9 Å². The van der Waals surface area contributed by atoms with Crippen LogP contribution in [0.25, 0.3) is 11.7 Å². The first-order valence-corrected chi connectivity index (χ1v) is 10.8. The standard InChI is InChI=1S/C22H20N4O2S2/c1-3-25-21(28)17(30-22(25)29)12-16-18(23-13-15-9-5-4-6-10-15)24-19-14(2)8-7-11-26(19)20(16)27/h4-12,23H,3,13H2,1-2H3. The van der Waals surface area contributed by atoms with E-state index in [0.29, 0.717) is 39.3 Å². The summed E-state index contributed by atoms with van der Waals surface area (Å²) in [5, 5.41) is 3.28. The van der Waals surface area contributed by atoms with E-state index in [9.17, 15) is 9.59 Å². The molecule has 1 aliphatic rings. The average molecular weight is 437 g/mol. The predicted molar refractivity (Wildman–Crippen MR) is 126 cm³/mol. The van der Waals surface area contributed by atoms with Crippen LogP contribution in [0.5, 0.6) is 0 Å². The molecule has 30 heavy (non-hydrogen) atoms. The monoisotopic (exact) mass is 436 g/mol. The summed E-state index contributed by atoms with van der Waals surface area (Å²) >= 11 is 6.50. The van der Waals surface area contributed by atoms with Crippen molar-refractivity contribution in [2.45, 2.75) is 20.4 Å². The smallest absolute Gasteiger partial charge is 0.267 e. The van der Waals surface area contributed by atoms with Crippen LogP contribution in [-0.2, 0) is 11.3 Å². The maximum atomic E-state index is 13.3. The number of nitrogens with one attached hydrogen (secondary N) is 1. The number of pyridine rings is 1. The molecule has 4 rings (SSSR count). The van der Waals surface area contributed by atoms with E-state index in [4.69, 9.17) is 17.2 Å². The Morgan fingerprint density at radius 2 is 1.93 bits per heavy atom. The Hall–Kier alpha value is -2.97. The second kappa shape index (κ2) is 8.41. The fourth-order valence-corrected chi connectivity index (χ4v) is 4.63. The molecule has 0 radical (unpaired) electrons. The van der Waals surface area contributed by atoms with Gasteiger partial charge in [-0.2, -0.15) is 0 Å². The van der Waals surface area contributed by atoms with Crippen LogP contribution in [0.1, 0.15) is 23.6 Å². The van der Waals surface area contributed by atoms with E-state index < -0.39 is 0 Å². The third-order valence-electron chi connectivity index (χ3n) is 4.85. The molecule has 2 aromatic heterocycles. The SMILES string of the molecule is CCN1C(=O)C(=Cc2c(NCc3ccccc3)nc3c(C)cccn3c2=O)SC1=S. The van der Waals surface area contributed by atoms with Crippen molar-refractivity contribution < 1.29 is 4.79 Å². The molecular weight excluding hydrogens is 416 g/mol. The van der Waals surface area contributed by atoms with Gasteiger partial charge in [0, 0.05) is 19.3 Å². The van der Waals surface area contributed by atoms with Crippen LogP contribution in [0.4, 0.5) is 5.82 Å². The fraction of sp³-hybridized carbons (Fsp3) is 0.182. The summed E-state index contributed by atoms with van der Waals surface area (Å²) in [6.45, 7) is 4.78. The molecule has 0 bridgehead atoms. The van der Waals surface area contributed by atoms with E-state index in [2.05, 4.69) is 5.32 Å². The number of carbonyl (C=O) groups is 1. The molecule has 0 spiro atoms. The van der Waals surface area contributed by atoms with Crippen molar-refractivity contribution in [3.8, 4) is 0 Å². The van der Waals surface area contributed by atoms with E-state index in [1.165, 1.54) is 21.1 Å². The van der Waals surface area contributed by atoms with E-state index in [-0.39, 0.29) is 11.5 Å². The molecule has 8 heteroatoms. The number of thioether (sulfide) groups is 1. The summed E-state index contributed by atoms with van der Waals surface area (Å²) in [4.78, 5) is 32.7. The maximum absolute atomic E-state index is 13.3. The van der Waals surface area contributed by atoms with Gasteiger partial charge in [-0.05, 0) is 37.1 Å². The number of nitrogens with zero attached hydrogens (tertiary/aromatic N) is 3. The van der Waals surface area contributed by atoms with Gasteiger partial charge in [0.05, 0.1) is 10.5 Å². The zero-order valence-corrected chi connectivity index (χ0v) is 18.2. The minimum absolute atomic E-state index is 0.185. The van der Waals surface area contributed by atoms with Gasteiger partial charge in [0.1, 0.15) is 15.8 Å². The van der Waals surface area contributed by atoms with Crippen molar-refractivity contribution >= 4 is 51.7 Å². The summed E-state index contributed by atoms with van der Waals surface area (Å²) in [6, 6.07) is 13.6. The van der Waals surface area contributed by atoms with Crippen LogP contribution in [0.3, 0.4) is 0 Å².